The minimum Gasteiger partial charge on any atom is -0.482 e. The largest absolute Gasteiger partial charge is 0.482 e. The summed E-state index contributed by atoms with van der Waals surface area (Å²) in [5, 5.41) is 57.4. The van der Waals surface area contributed by atoms with Crippen LogP contribution in [0, 0.1) is 23.7 Å². The van der Waals surface area contributed by atoms with Gasteiger partial charge in [0.1, 0.15) is 64.3 Å². The van der Waals surface area contributed by atoms with Gasteiger partial charge in [-0.15, -0.1) is 0 Å². The second kappa shape index (κ2) is 17.3. The molecule has 1 spiro atoms. The molecular formula is C54H62O14. The molecule has 2 aromatic carbocycles. The molecule has 0 radical (unpaired) electrons. The minimum atomic E-state index is -2.34. The van der Waals surface area contributed by atoms with Crippen LogP contribution >= 0.6 is 0 Å². The van der Waals surface area contributed by atoms with Crippen molar-refractivity contribution in [3.8, 4) is 17.2 Å². The molecule has 8 aliphatic rings. The van der Waals surface area contributed by atoms with Crippen LogP contribution in [0.1, 0.15) is 114 Å². The maximum atomic E-state index is 15.6. The van der Waals surface area contributed by atoms with Crippen LogP contribution in [0.2, 0.25) is 0 Å². The first kappa shape index (κ1) is 47.7. The molecule has 4 aliphatic carbocycles. The van der Waals surface area contributed by atoms with Crippen molar-refractivity contribution in [3.05, 3.63) is 104 Å². The number of aliphatic hydroxyl groups is 5. The molecule has 2 aromatic rings. The lowest BCUT2D eigenvalue weighted by Crippen LogP contribution is -2.78. The third kappa shape index (κ3) is 7.07. The smallest absolute Gasteiger partial charge is 0.333 e. The van der Waals surface area contributed by atoms with Crippen molar-refractivity contribution >= 4 is 35.1 Å². The predicted molar refractivity (Wildman–Crippen MR) is 250 cm³/mol. The van der Waals surface area contributed by atoms with Crippen molar-refractivity contribution < 1.29 is 68.3 Å². The highest BCUT2D eigenvalue weighted by Gasteiger charge is 2.77. The zero-order valence-electron chi connectivity index (χ0n) is 40.0. The molecule has 11 atom stereocenters. The van der Waals surface area contributed by atoms with Crippen molar-refractivity contribution in [1.29, 1.82) is 0 Å². The molecule has 14 heteroatoms. The zero-order valence-corrected chi connectivity index (χ0v) is 40.0. The Morgan fingerprint density at radius 2 is 1.63 bits per heavy atom. The van der Waals surface area contributed by atoms with Gasteiger partial charge in [0.2, 0.25) is 6.29 Å². The molecule has 2 bridgehead atoms. The first-order valence-corrected chi connectivity index (χ1v) is 23.6. The van der Waals surface area contributed by atoms with E-state index in [1.165, 1.54) is 13.2 Å². The lowest BCUT2D eigenvalue weighted by Gasteiger charge is -2.65. The number of hydrogen-bond acceptors (Lipinski definition) is 14. The second-order valence-corrected chi connectivity index (χ2v) is 20.4. The molecule has 0 aromatic heterocycles. The Balaban J connectivity index is 1.39. The molecule has 4 aliphatic heterocycles. The molecule has 1 saturated heterocycles. The molecule has 68 heavy (non-hydrogen) atoms. The Kier molecular flexibility index (Phi) is 12.1. The third-order valence-electron chi connectivity index (χ3n) is 15.1. The van der Waals surface area contributed by atoms with Gasteiger partial charge in [-0.2, -0.15) is 0 Å². The van der Waals surface area contributed by atoms with E-state index < -0.39 is 83.6 Å². The molecule has 5 N–H and O–H groups in total. The average molecular weight is 935 g/mol. The maximum Gasteiger partial charge on any atom is 0.333 e. The number of aliphatic hydroxyl groups excluding tert-OH is 4. The summed E-state index contributed by atoms with van der Waals surface area (Å²) in [6.45, 7) is 14.8. The number of hydrogen-bond donors (Lipinski definition) is 5. The molecule has 362 valence electrons. The van der Waals surface area contributed by atoms with E-state index in [0.717, 1.165) is 11.1 Å². The standard InChI is InChI=1S/C54H62O14/c1-25(2)13-12-20-52(8)21-19-32-44(67-52)31(17-16-26(3)4)47-38(46(32)66-51-43(59)42(58)41(57)35(24-55)64-51)48-39-36(37-40(56)29-14-10-11-15-30(29)45(37)65-48)33-23-34(27(5)6)54(39,68-47)53(62,49(33)60)22-18-28(7)50(61)63-9/h10-11,13-16,18-19,21,27,33-36,41-43,51,55,57-59,62H,12,17,20,22-24H2,1-9H3/b28-18-/t33?,34?,35-,36?,41-,42+,43-,51+,52?,53?,54?/m0/s1. The molecule has 4 heterocycles. The summed E-state index contributed by atoms with van der Waals surface area (Å²) in [5.41, 5.74) is -0.135. The van der Waals surface area contributed by atoms with Gasteiger partial charge in [-0.25, -0.2) is 4.79 Å². The lowest BCUT2D eigenvalue weighted by atomic mass is 9.43. The van der Waals surface area contributed by atoms with Crippen LogP contribution < -0.4 is 14.2 Å². The second-order valence-electron chi connectivity index (χ2n) is 20.4. The minimum absolute atomic E-state index is 0.0273. The van der Waals surface area contributed by atoms with E-state index in [1.54, 1.807) is 31.2 Å². The van der Waals surface area contributed by atoms with E-state index in [2.05, 4.69) is 6.08 Å². The van der Waals surface area contributed by atoms with Gasteiger partial charge in [0.15, 0.2) is 22.8 Å². The zero-order chi connectivity index (χ0) is 48.9. The van der Waals surface area contributed by atoms with Gasteiger partial charge in [0, 0.05) is 52.0 Å². The lowest BCUT2D eigenvalue weighted by molar-refractivity contribution is -0.277. The van der Waals surface area contributed by atoms with Crippen LogP contribution in [-0.2, 0) is 30.2 Å². The van der Waals surface area contributed by atoms with E-state index in [1.807, 2.05) is 66.7 Å². The van der Waals surface area contributed by atoms with Gasteiger partial charge in [0.05, 0.1) is 24.9 Å². The number of esters is 1. The molecular weight excluding hydrogens is 873 g/mol. The van der Waals surface area contributed by atoms with E-state index >= 15 is 4.79 Å². The summed E-state index contributed by atoms with van der Waals surface area (Å²) in [7, 11) is 1.25. The van der Waals surface area contributed by atoms with Crippen molar-refractivity contribution in [2.75, 3.05) is 13.7 Å². The number of benzene rings is 2. The molecule has 10 rings (SSSR count). The first-order chi connectivity index (χ1) is 32.2. The number of methoxy groups -OCH3 is 1. The topological polar surface area (TPSA) is 208 Å². The van der Waals surface area contributed by atoms with Crippen molar-refractivity contribution in [1.82, 2.24) is 0 Å². The fraction of sp³-hybridized carbons (Fsp3) is 0.500. The number of carbonyl (C=O) groups is 3. The van der Waals surface area contributed by atoms with E-state index in [9.17, 15) is 35.1 Å². The average Bonchev–Trinajstić information content (AvgIpc) is 3.59. The van der Waals surface area contributed by atoms with Gasteiger partial charge in [0.25, 0.3) is 0 Å². The number of carbonyl (C=O) groups excluding carboxylic acids is 3. The summed E-state index contributed by atoms with van der Waals surface area (Å²) in [4.78, 5) is 43.2. The monoisotopic (exact) mass is 934 g/mol. The first-order valence-electron chi connectivity index (χ1n) is 23.6. The summed E-state index contributed by atoms with van der Waals surface area (Å²) < 4.78 is 39.9. The van der Waals surface area contributed by atoms with Crippen LogP contribution in [0.3, 0.4) is 0 Å². The maximum absolute atomic E-state index is 15.6. The Morgan fingerprint density at radius 3 is 2.29 bits per heavy atom. The summed E-state index contributed by atoms with van der Waals surface area (Å²) in [6.07, 6.45) is 2.54. The van der Waals surface area contributed by atoms with Crippen LogP contribution in [-0.4, -0.2) is 104 Å². The van der Waals surface area contributed by atoms with Crippen molar-refractivity contribution in [3.63, 3.8) is 0 Å². The summed E-state index contributed by atoms with van der Waals surface area (Å²) >= 11 is 0. The number of fused-ring (bicyclic) bond motifs is 7. The Bertz CT molecular complexity index is 2670. The van der Waals surface area contributed by atoms with Gasteiger partial charge in [-0.1, -0.05) is 67.5 Å². The van der Waals surface area contributed by atoms with Gasteiger partial charge in [-0.3, -0.25) is 9.59 Å². The predicted octanol–water partition coefficient (Wildman–Crippen LogP) is 6.50. The molecule has 0 amide bonds. The molecule has 3 saturated carbocycles. The van der Waals surface area contributed by atoms with E-state index in [-0.39, 0.29) is 70.7 Å². The highest BCUT2D eigenvalue weighted by atomic mass is 16.7. The number of ketones is 2. The summed E-state index contributed by atoms with van der Waals surface area (Å²) in [5.74, 6) is -3.22. The Labute approximate surface area is 396 Å². The van der Waals surface area contributed by atoms with Crippen LogP contribution in [0.25, 0.3) is 17.6 Å². The molecule has 4 fully saturated rings. The number of Topliss-reactive ketones (excluding diaryl/α,β-unsaturated/α-hetero) is 2. The van der Waals surface area contributed by atoms with Crippen molar-refractivity contribution in [2.45, 2.75) is 135 Å². The highest BCUT2D eigenvalue weighted by Crippen LogP contribution is 2.71. The Morgan fingerprint density at radius 1 is 0.926 bits per heavy atom. The number of ether oxygens (including phenoxy) is 6. The van der Waals surface area contributed by atoms with Gasteiger partial charge >= 0.3 is 5.97 Å². The van der Waals surface area contributed by atoms with E-state index in [4.69, 9.17) is 28.4 Å². The van der Waals surface area contributed by atoms with Crippen LogP contribution in [0.5, 0.6) is 17.2 Å². The summed E-state index contributed by atoms with van der Waals surface area (Å²) in [6, 6.07) is 7.07. The van der Waals surface area contributed by atoms with Crippen molar-refractivity contribution in [2.24, 2.45) is 23.7 Å². The fourth-order valence-corrected chi connectivity index (χ4v) is 11.6. The van der Waals surface area contributed by atoms with Gasteiger partial charge in [-0.05, 0) is 85.3 Å². The van der Waals surface area contributed by atoms with Gasteiger partial charge < -0.3 is 54.0 Å². The normalized spacial score (nSPS) is 32.8. The quantitative estimate of drug-likeness (QED) is 0.0876. The van der Waals surface area contributed by atoms with E-state index in [0.29, 0.717) is 46.4 Å². The molecule has 14 nitrogen and oxygen atoms in total. The number of rotatable bonds is 12. The highest BCUT2D eigenvalue weighted by molar-refractivity contribution is 6.22. The van der Waals surface area contributed by atoms with Crippen LogP contribution in [0.15, 0.2) is 76.4 Å². The third-order valence-corrected chi connectivity index (χ3v) is 15.1. The SMILES string of the molecule is COC(=O)/C(C)=C\CC1(O)C(=O)C2CC(C(C)C)C13Oc1c(CC=C(C)C)c4c(c(O[C@H]5O[C@@H](CO)[C@H](O)[C@@H](O)[C@@H]5O)c1C1=C3C2C2=C(O1)c1ccccc1C2=O)C=CC(C)(CCC=C(C)C)O4. The fourth-order valence-electron chi connectivity index (χ4n) is 11.6. The van der Waals surface area contributed by atoms with Crippen LogP contribution in [0.4, 0.5) is 0 Å². The molecule has 6 unspecified atom stereocenters. The Hall–Kier alpha value is -5.35. The number of allylic oxidation sites excluding steroid dienone is 5.